The van der Waals surface area contributed by atoms with Crippen LogP contribution in [0.2, 0.25) is 0 Å². The van der Waals surface area contributed by atoms with E-state index in [0.29, 0.717) is 16.7 Å². The summed E-state index contributed by atoms with van der Waals surface area (Å²) in [5, 5.41) is 0.535. The Hall–Kier alpha value is -1.75. The first-order valence-corrected chi connectivity index (χ1v) is 5.11. The van der Waals surface area contributed by atoms with Crippen molar-refractivity contribution in [2.24, 2.45) is 5.73 Å². The highest BCUT2D eigenvalue weighted by molar-refractivity contribution is 5.88. The Morgan fingerprint density at radius 3 is 2.69 bits per heavy atom. The molecular weight excluding hydrogens is 207 g/mol. The molecule has 1 saturated carbocycles. The zero-order valence-electron chi connectivity index (χ0n) is 8.57. The standard InChI is InChI=1S/C11H11FN4/c12-6-1-2-8-7(5-6)9(13)16-10(15-8)11(14)3-4-11/h1-2,5H,3-4,14H2,(H2,13,15,16). The maximum atomic E-state index is 13.0. The Labute approximate surface area is 91.5 Å². The second-order valence-electron chi connectivity index (χ2n) is 4.25. The summed E-state index contributed by atoms with van der Waals surface area (Å²) in [5.41, 5.74) is 12.0. The number of fused-ring (bicyclic) bond motifs is 1. The lowest BCUT2D eigenvalue weighted by Crippen LogP contribution is -2.22. The second kappa shape index (κ2) is 2.89. The lowest BCUT2D eigenvalue weighted by molar-refractivity contribution is 0.629. The molecule has 0 aliphatic heterocycles. The summed E-state index contributed by atoms with van der Waals surface area (Å²) < 4.78 is 13.0. The average Bonchev–Trinajstić information content (AvgIpc) is 2.99. The minimum absolute atomic E-state index is 0.288. The minimum Gasteiger partial charge on any atom is -0.383 e. The molecular formula is C11H11FN4. The third-order valence-corrected chi connectivity index (χ3v) is 2.92. The summed E-state index contributed by atoms with van der Waals surface area (Å²) in [6, 6.07) is 4.29. The predicted molar refractivity (Wildman–Crippen MR) is 59.0 cm³/mol. The van der Waals surface area contributed by atoms with Crippen molar-refractivity contribution in [3.63, 3.8) is 0 Å². The SMILES string of the molecule is Nc1nc(C2(N)CC2)nc2ccc(F)cc12. The van der Waals surface area contributed by atoms with E-state index in [0.717, 1.165) is 12.8 Å². The third-order valence-electron chi connectivity index (χ3n) is 2.92. The van der Waals surface area contributed by atoms with E-state index in [1.54, 1.807) is 6.07 Å². The van der Waals surface area contributed by atoms with E-state index in [-0.39, 0.29) is 11.6 Å². The van der Waals surface area contributed by atoms with Gasteiger partial charge in [-0.2, -0.15) is 0 Å². The first kappa shape index (κ1) is 9.47. The summed E-state index contributed by atoms with van der Waals surface area (Å²) in [4.78, 5) is 8.48. The molecule has 4 nitrogen and oxygen atoms in total. The molecule has 2 aromatic rings. The van der Waals surface area contributed by atoms with Crippen molar-refractivity contribution in [3.05, 3.63) is 29.8 Å². The molecule has 5 heteroatoms. The maximum absolute atomic E-state index is 13.0. The summed E-state index contributed by atoms with van der Waals surface area (Å²) in [5.74, 6) is 0.504. The van der Waals surface area contributed by atoms with Crippen molar-refractivity contribution < 1.29 is 4.39 Å². The van der Waals surface area contributed by atoms with Gasteiger partial charge in [0.25, 0.3) is 0 Å². The van der Waals surface area contributed by atoms with Crippen LogP contribution in [-0.2, 0) is 5.54 Å². The summed E-state index contributed by atoms with van der Waals surface area (Å²) in [6.45, 7) is 0. The van der Waals surface area contributed by atoms with Gasteiger partial charge in [-0.05, 0) is 31.0 Å². The van der Waals surface area contributed by atoms with Crippen molar-refractivity contribution in [2.45, 2.75) is 18.4 Å². The molecule has 0 spiro atoms. The predicted octanol–water partition coefficient (Wildman–Crippen LogP) is 1.30. The Kier molecular flexibility index (Phi) is 1.71. The number of anilines is 1. The van der Waals surface area contributed by atoms with E-state index in [1.807, 2.05) is 0 Å². The number of hydrogen-bond donors (Lipinski definition) is 2. The van der Waals surface area contributed by atoms with Gasteiger partial charge >= 0.3 is 0 Å². The fourth-order valence-corrected chi connectivity index (χ4v) is 1.71. The number of nitrogen functional groups attached to an aromatic ring is 1. The maximum Gasteiger partial charge on any atom is 0.151 e. The van der Waals surface area contributed by atoms with E-state index in [9.17, 15) is 4.39 Å². The van der Waals surface area contributed by atoms with Crippen LogP contribution in [-0.4, -0.2) is 9.97 Å². The molecule has 82 valence electrons. The van der Waals surface area contributed by atoms with Crippen molar-refractivity contribution in [1.29, 1.82) is 0 Å². The van der Waals surface area contributed by atoms with E-state index in [4.69, 9.17) is 11.5 Å². The van der Waals surface area contributed by atoms with E-state index < -0.39 is 5.54 Å². The van der Waals surface area contributed by atoms with Gasteiger partial charge < -0.3 is 11.5 Å². The molecule has 0 unspecified atom stereocenters. The van der Waals surface area contributed by atoms with Gasteiger partial charge in [0.15, 0.2) is 5.82 Å². The summed E-state index contributed by atoms with van der Waals surface area (Å²) in [7, 11) is 0. The molecule has 0 amide bonds. The van der Waals surface area contributed by atoms with Crippen LogP contribution in [0.4, 0.5) is 10.2 Å². The first-order valence-electron chi connectivity index (χ1n) is 5.11. The van der Waals surface area contributed by atoms with E-state index in [2.05, 4.69) is 9.97 Å². The highest BCUT2D eigenvalue weighted by Gasteiger charge is 2.43. The van der Waals surface area contributed by atoms with Crippen LogP contribution in [0.15, 0.2) is 18.2 Å². The zero-order valence-corrected chi connectivity index (χ0v) is 8.57. The van der Waals surface area contributed by atoms with Gasteiger partial charge in [-0.3, -0.25) is 0 Å². The largest absolute Gasteiger partial charge is 0.383 e. The summed E-state index contributed by atoms with van der Waals surface area (Å²) in [6.07, 6.45) is 1.75. The van der Waals surface area contributed by atoms with Crippen molar-refractivity contribution in [2.75, 3.05) is 5.73 Å². The molecule has 1 aliphatic carbocycles. The van der Waals surface area contributed by atoms with Crippen LogP contribution in [0.1, 0.15) is 18.7 Å². The molecule has 1 aromatic heterocycles. The van der Waals surface area contributed by atoms with E-state index in [1.165, 1.54) is 12.1 Å². The monoisotopic (exact) mass is 218 g/mol. The van der Waals surface area contributed by atoms with Crippen LogP contribution in [0.25, 0.3) is 10.9 Å². The van der Waals surface area contributed by atoms with Crippen molar-refractivity contribution >= 4 is 16.7 Å². The first-order chi connectivity index (χ1) is 7.58. The van der Waals surface area contributed by atoms with Crippen LogP contribution in [0.3, 0.4) is 0 Å². The molecule has 16 heavy (non-hydrogen) atoms. The second-order valence-corrected chi connectivity index (χ2v) is 4.25. The summed E-state index contributed by atoms with van der Waals surface area (Å²) >= 11 is 0. The molecule has 0 bridgehead atoms. The Morgan fingerprint density at radius 2 is 2.00 bits per heavy atom. The molecule has 0 atom stereocenters. The number of rotatable bonds is 1. The smallest absolute Gasteiger partial charge is 0.151 e. The van der Waals surface area contributed by atoms with Gasteiger partial charge in [0.2, 0.25) is 0 Å². The normalized spacial score (nSPS) is 17.6. The van der Waals surface area contributed by atoms with Gasteiger partial charge in [-0.25, -0.2) is 14.4 Å². The number of halogens is 1. The van der Waals surface area contributed by atoms with Crippen LogP contribution >= 0.6 is 0 Å². The number of benzene rings is 1. The Bertz CT molecular complexity index is 577. The molecule has 1 aromatic carbocycles. The fourth-order valence-electron chi connectivity index (χ4n) is 1.71. The van der Waals surface area contributed by atoms with Crippen molar-refractivity contribution in [3.8, 4) is 0 Å². The highest BCUT2D eigenvalue weighted by atomic mass is 19.1. The van der Waals surface area contributed by atoms with Gasteiger partial charge in [-0.15, -0.1) is 0 Å². The van der Waals surface area contributed by atoms with Gasteiger partial charge in [0, 0.05) is 5.39 Å². The van der Waals surface area contributed by atoms with Crippen LogP contribution in [0, 0.1) is 5.82 Å². The molecule has 0 saturated heterocycles. The Morgan fingerprint density at radius 1 is 1.25 bits per heavy atom. The number of aromatic nitrogens is 2. The molecule has 1 fully saturated rings. The fraction of sp³-hybridized carbons (Fsp3) is 0.273. The van der Waals surface area contributed by atoms with Crippen molar-refractivity contribution in [1.82, 2.24) is 9.97 Å². The van der Waals surface area contributed by atoms with Crippen LogP contribution in [0.5, 0.6) is 0 Å². The zero-order chi connectivity index (χ0) is 11.3. The third kappa shape index (κ3) is 1.32. The van der Waals surface area contributed by atoms with Gasteiger partial charge in [0.1, 0.15) is 11.6 Å². The number of hydrogen-bond acceptors (Lipinski definition) is 4. The quantitative estimate of drug-likeness (QED) is 0.756. The molecule has 0 radical (unpaired) electrons. The lowest BCUT2D eigenvalue weighted by Gasteiger charge is -2.09. The average molecular weight is 218 g/mol. The van der Waals surface area contributed by atoms with Crippen LogP contribution < -0.4 is 11.5 Å². The Balaban J connectivity index is 2.26. The van der Waals surface area contributed by atoms with E-state index >= 15 is 0 Å². The number of nitrogens with two attached hydrogens (primary N) is 2. The minimum atomic E-state index is -0.420. The molecule has 1 heterocycles. The number of nitrogens with zero attached hydrogens (tertiary/aromatic N) is 2. The topological polar surface area (TPSA) is 77.8 Å². The van der Waals surface area contributed by atoms with Gasteiger partial charge in [-0.1, -0.05) is 0 Å². The molecule has 1 aliphatic rings. The molecule has 3 rings (SSSR count). The molecule has 4 N–H and O–H groups in total. The lowest BCUT2D eigenvalue weighted by atomic mass is 10.2. The highest BCUT2D eigenvalue weighted by Crippen LogP contribution is 2.41. The van der Waals surface area contributed by atoms with Gasteiger partial charge in [0.05, 0.1) is 11.1 Å².